The third-order valence-corrected chi connectivity index (χ3v) is 2.80. The van der Waals surface area contributed by atoms with Crippen molar-refractivity contribution in [2.75, 3.05) is 0 Å². The molecular formula is C13H6BrF2NO. The van der Waals surface area contributed by atoms with Gasteiger partial charge in [0, 0.05) is 6.07 Å². The number of halogens is 3. The summed E-state index contributed by atoms with van der Waals surface area (Å²) in [5.41, 5.74) is 0.472. The van der Waals surface area contributed by atoms with E-state index in [4.69, 9.17) is 10.00 Å². The molecule has 5 heteroatoms. The van der Waals surface area contributed by atoms with Crippen molar-refractivity contribution in [3.8, 4) is 17.6 Å². The highest BCUT2D eigenvalue weighted by Crippen LogP contribution is 2.30. The van der Waals surface area contributed by atoms with Crippen LogP contribution in [-0.2, 0) is 0 Å². The van der Waals surface area contributed by atoms with Gasteiger partial charge in [-0.2, -0.15) is 5.26 Å². The first-order valence-corrected chi connectivity index (χ1v) is 5.72. The standard InChI is InChI=1S/C13H6BrF2NO/c14-10-5-8(7-17)1-4-13(10)18-9-2-3-11(15)12(16)6-9/h1-6H. The molecule has 0 radical (unpaired) electrons. The fourth-order valence-electron chi connectivity index (χ4n) is 1.32. The molecule has 0 saturated carbocycles. The molecule has 0 fully saturated rings. The van der Waals surface area contributed by atoms with Crippen molar-refractivity contribution in [1.29, 1.82) is 5.26 Å². The quantitative estimate of drug-likeness (QED) is 0.824. The summed E-state index contributed by atoms with van der Waals surface area (Å²) in [7, 11) is 0. The van der Waals surface area contributed by atoms with Crippen LogP contribution in [0.15, 0.2) is 40.9 Å². The highest BCUT2D eigenvalue weighted by atomic mass is 79.9. The van der Waals surface area contributed by atoms with Crippen LogP contribution in [0.1, 0.15) is 5.56 Å². The molecule has 2 rings (SSSR count). The van der Waals surface area contributed by atoms with Crippen LogP contribution >= 0.6 is 15.9 Å². The van der Waals surface area contributed by atoms with Crippen LogP contribution < -0.4 is 4.74 Å². The van der Waals surface area contributed by atoms with Gasteiger partial charge in [0.15, 0.2) is 11.6 Å². The molecule has 2 nitrogen and oxygen atoms in total. The summed E-state index contributed by atoms with van der Waals surface area (Å²) in [6.07, 6.45) is 0. The predicted octanol–water partition coefficient (Wildman–Crippen LogP) is 4.39. The number of hydrogen-bond donors (Lipinski definition) is 0. The van der Waals surface area contributed by atoms with Gasteiger partial charge in [0.2, 0.25) is 0 Å². The second-order valence-corrected chi connectivity index (χ2v) is 4.29. The molecule has 2 aromatic rings. The zero-order valence-corrected chi connectivity index (χ0v) is 10.5. The fourth-order valence-corrected chi connectivity index (χ4v) is 1.78. The smallest absolute Gasteiger partial charge is 0.162 e. The van der Waals surface area contributed by atoms with Crippen molar-refractivity contribution in [3.63, 3.8) is 0 Å². The van der Waals surface area contributed by atoms with E-state index < -0.39 is 11.6 Å². The Morgan fingerprint density at radius 3 is 2.44 bits per heavy atom. The van der Waals surface area contributed by atoms with E-state index in [0.29, 0.717) is 15.8 Å². The third kappa shape index (κ3) is 2.66. The summed E-state index contributed by atoms with van der Waals surface area (Å²) >= 11 is 3.23. The number of hydrogen-bond acceptors (Lipinski definition) is 2. The summed E-state index contributed by atoms with van der Waals surface area (Å²) in [6.45, 7) is 0. The Morgan fingerprint density at radius 1 is 1.06 bits per heavy atom. The van der Waals surface area contributed by atoms with Gasteiger partial charge < -0.3 is 4.74 Å². The SMILES string of the molecule is N#Cc1ccc(Oc2ccc(F)c(F)c2)c(Br)c1. The molecule has 0 heterocycles. The van der Waals surface area contributed by atoms with E-state index in [1.807, 2.05) is 6.07 Å². The van der Waals surface area contributed by atoms with E-state index in [1.54, 1.807) is 18.2 Å². The summed E-state index contributed by atoms with van der Waals surface area (Å²) in [6, 6.07) is 9.97. The lowest BCUT2D eigenvalue weighted by Gasteiger charge is -2.08. The second-order valence-electron chi connectivity index (χ2n) is 3.43. The Bertz CT molecular complexity index is 637. The maximum atomic E-state index is 13.0. The van der Waals surface area contributed by atoms with Crippen molar-refractivity contribution < 1.29 is 13.5 Å². The molecular weight excluding hydrogens is 304 g/mol. The molecule has 0 aliphatic heterocycles. The van der Waals surface area contributed by atoms with Crippen molar-refractivity contribution in [2.24, 2.45) is 0 Å². The van der Waals surface area contributed by atoms with Crippen LogP contribution in [0, 0.1) is 23.0 Å². The number of nitrogens with zero attached hydrogens (tertiary/aromatic N) is 1. The minimum absolute atomic E-state index is 0.180. The van der Waals surface area contributed by atoms with E-state index in [1.165, 1.54) is 6.07 Å². The van der Waals surface area contributed by atoms with Gasteiger partial charge in [0.05, 0.1) is 16.1 Å². The first kappa shape index (κ1) is 12.5. The third-order valence-electron chi connectivity index (χ3n) is 2.18. The lowest BCUT2D eigenvalue weighted by atomic mass is 10.2. The summed E-state index contributed by atoms with van der Waals surface area (Å²) < 4.78 is 31.7. The zero-order chi connectivity index (χ0) is 13.1. The second kappa shape index (κ2) is 5.15. The molecule has 0 atom stereocenters. The average molecular weight is 310 g/mol. The van der Waals surface area contributed by atoms with Gasteiger partial charge in [-0.05, 0) is 46.3 Å². The molecule has 0 unspecified atom stereocenters. The zero-order valence-electron chi connectivity index (χ0n) is 8.95. The van der Waals surface area contributed by atoms with Crippen molar-refractivity contribution in [3.05, 3.63) is 58.1 Å². The van der Waals surface area contributed by atoms with Crippen molar-refractivity contribution in [2.45, 2.75) is 0 Å². The number of ether oxygens (including phenoxy) is 1. The molecule has 0 aromatic heterocycles. The van der Waals surface area contributed by atoms with Crippen LogP contribution in [0.3, 0.4) is 0 Å². The predicted molar refractivity (Wildman–Crippen MR) is 65.3 cm³/mol. The lowest BCUT2D eigenvalue weighted by Crippen LogP contribution is -1.89. The van der Waals surface area contributed by atoms with Gasteiger partial charge in [-0.3, -0.25) is 0 Å². The molecule has 2 aromatic carbocycles. The molecule has 0 bridgehead atoms. The monoisotopic (exact) mass is 309 g/mol. The molecule has 0 N–H and O–H groups in total. The van der Waals surface area contributed by atoms with E-state index in [9.17, 15) is 8.78 Å². The van der Waals surface area contributed by atoms with Gasteiger partial charge in [-0.1, -0.05) is 0 Å². The van der Waals surface area contributed by atoms with Crippen LogP contribution in [0.25, 0.3) is 0 Å². The first-order valence-electron chi connectivity index (χ1n) is 4.92. The van der Waals surface area contributed by atoms with Crippen LogP contribution in [0.2, 0.25) is 0 Å². The first-order chi connectivity index (χ1) is 8.60. The van der Waals surface area contributed by atoms with E-state index in [-0.39, 0.29) is 5.75 Å². The molecule has 0 amide bonds. The molecule has 90 valence electrons. The normalized spacial score (nSPS) is 9.89. The Hall–Kier alpha value is -1.93. The van der Waals surface area contributed by atoms with Crippen molar-refractivity contribution in [1.82, 2.24) is 0 Å². The number of benzene rings is 2. The minimum atomic E-state index is -0.975. The van der Waals surface area contributed by atoms with Crippen molar-refractivity contribution >= 4 is 15.9 Å². The maximum absolute atomic E-state index is 13.0. The van der Waals surface area contributed by atoms with Gasteiger partial charge in [0.25, 0.3) is 0 Å². The van der Waals surface area contributed by atoms with Gasteiger partial charge in [-0.15, -0.1) is 0 Å². The Labute approximate surface area is 111 Å². The van der Waals surface area contributed by atoms with Crippen LogP contribution in [0.4, 0.5) is 8.78 Å². The largest absolute Gasteiger partial charge is 0.456 e. The van der Waals surface area contributed by atoms with Crippen LogP contribution in [0.5, 0.6) is 11.5 Å². The number of rotatable bonds is 2. The van der Waals surface area contributed by atoms with Gasteiger partial charge in [0.1, 0.15) is 11.5 Å². The molecule has 0 aliphatic rings. The van der Waals surface area contributed by atoms with E-state index in [0.717, 1.165) is 12.1 Å². The van der Waals surface area contributed by atoms with Crippen LogP contribution in [-0.4, -0.2) is 0 Å². The summed E-state index contributed by atoms with van der Waals surface area (Å²) in [5, 5.41) is 8.71. The Morgan fingerprint density at radius 2 is 1.83 bits per heavy atom. The van der Waals surface area contributed by atoms with E-state index >= 15 is 0 Å². The average Bonchev–Trinajstić information content (AvgIpc) is 2.36. The summed E-state index contributed by atoms with van der Waals surface area (Å²) in [4.78, 5) is 0. The molecule has 0 saturated heterocycles. The maximum Gasteiger partial charge on any atom is 0.162 e. The van der Waals surface area contributed by atoms with Gasteiger partial charge >= 0.3 is 0 Å². The van der Waals surface area contributed by atoms with Gasteiger partial charge in [-0.25, -0.2) is 8.78 Å². The highest BCUT2D eigenvalue weighted by Gasteiger charge is 2.07. The highest BCUT2D eigenvalue weighted by molar-refractivity contribution is 9.10. The molecule has 0 aliphatic carbocycles. The number of nitriles is 1. The minimum Gasteiger partial charge on any atom is -0.456 e. The topological polar surface area (TPSA) is 33.0 Å². The lowest BCUT2D eigenvalue weighted by molar-refractivity contribution is 0.459. The summed E-state index contributed by atoms with van der Waals surface area (Å²) in [5.74, 6) is -1.31. The Kier molecular flexibility index (Phi) is 3.58. The molecule has 18 heavy (non-hydrogen) atoms. The van der Waals surface area contributed by atoms with E-state index in [2.05, 4.69) is 15.9 Å². The Balaban J connectivity index is 2.29. The fraction of sp³-hybridized carbons (Fsp3) is 0. The molecule has 0 spiro atoms.